The quantitative estimate of drug-likeness (QED) is 0.255. The molecule has 1 nitrogen and oxygen atoms in total. The van der Waals surface area contributed by atoms with Crippen LogP contribution in [0.25, 0.3) is 0 Å². The molecule has 0 aliphatic rings. The van der Waals surface area contributed by atoms with Crippen molar-refractivity contribution in [1.29, 1.82) is 0 Å². The summed E-state index contributed by atoms with van der Waals surface area (Å²) in [5, 5.41) is 8.93. The SMILES string of the molecule is CC[O-].[H-].[Li+].[Li+]. The largest absolute Gasteiger partial charge is 1.00 e. The smallest absolute Gasteiger partial charge is 1.00 e. The second-order valence-electron chi connectivity index (χ2n) is 0.289. The van der Waals surface area contributed by atoms with Gasteiger partial charge in [-0.05, 0) is 0 Å². The number of hydrogen-bond acceptors (Lipinski definition) is 1. The summed E-state index contributed by atoms with van der Waals surface area (Å²) in [6, 6.07) is 0. The standard InChI is InChI=1S/C2H5O.2Li.H/c1-2-3;;;/h2H2,1H3;;;/q-1;2*+1;-1. The van der Waals surface area contributed by atoms with Crippen molar-refractivity contribution in [2.45, 2.75) is 6.92 Å². The van der Waals surface area contributed by atoms with Gasteiger partial charge in [0.2, 0.25) is 0 Å². The minimum absolute atomic E-state index is 0. The zero-order chi connectivity index (χ0) is 2.71. The maximum atomic E-state index is 8.93. The Labute approximate surface area is 58.0 Å². The Morgan fingerprint density at radius 1 is 1.60 bits per heavy atom. The van der Waals surface area contributed by atoms with E-state index in [-0.39, 0.29) is 45.8 Å². The van der Waals surface area contributed by atoms with Crippen LogP contribution in [0.15, 0.2) is 0 Å². The van der Waals surface area contributed by atoms with Crippen LogP contribution in [0.4, 0.5) is 0 Å². The molecule has 0 aliphatic heterocycles. The van der Waals surface area contributed by atoms with Gasteiger partial charge >= 0.3 is 37.7 Å². The molecule has 3 heteroatoms. The number of hydrogen-bond donors (Lipinski definition) is 0. The molecule has 0 unspecified atom stereocenters. The first-order chi connectivity index (χ1) is 1.41. The van der Waals surface area contributed by atoms with E-state index in [1.807, 2.05) is 0 Å². The van der Waals surface area contributed by atoms with E-state index >= 15 is 0 Å². The molecule has 0 amide bonds. The fraction of sp³-hybridized carbons (Fsp3) is 1.00. The summed E-state index contributed by atoms with van der Waals surface area (Å²) in [6.07, 6.45) is 0. The van der Waals surface area contributed by atoms with Crippen molar-refractivity contribution in [2.24, 2.45) is 0 Å². The van der Waals surface area contributed by atoms with E-state index in [0.717, 1.165) is 0 Å². The van der Waals surface area contributed by atoms with Crippen molar-refractivity contribution < 1.29 is 44.3 Å². The van der Waals surface area contributed by atoms with Crippen LogP contribution in [0.2, 0.25) is 0 Å². The molecule has 0 fully saturated rings. The fourth-order valence-electron chi connectivity index (χ4n) is 0. The first-order valence-electron chi connectivity index (χ1n) is 0.996. The zero-order valence-electron chi connectivity index (χ0n) is 5.12. The van der Waals surface area contributed by atoms with Gasteiger partial charge in [0.15, 0.2) is 0 Å². The Morgan fingerprint density at radius 2 is 1.60 bits per heavy atom. The minimum atomic E-state index is 0. The van der Waals surface area contributed by atoms with Gasteiger partial charge in [0.25, 0.3) is 0 Å². The Bertz CT molecular complexity index is 11.5. The molecule has 0 heterocycles. The summed E-state index contributed by atoms with van der Waals surface area (Å²) < 4.78 is 0. The van der Waals surface area contributed by atoms with Crippen LogP contribution >= 0.6 is 0 Å². The van der Waals surface area contributed by atoms with E-state index < -0.39 is 0 Å². The van der Waals surface area contributed by atoms with E-state index in [2.05, 4.69) is 0 Å². The van der Waals surface area contributed by atoms with Crippen LogP contribution in [0.3, 0.4) is 0 Å². The van der Waals surface area contributed by atoms with Crippen LogP contribution in [-0.2, 0) is 0 Å². The molecule has 0 aromatic carbocycles. The molecule has 0 aliphatic carbocycles. The molecule has 0 rings (SSSR count). The molecule has 0 aromatic heterocycles. The molecule has 5 heavy (non-hydrogen) atoms. The molecule has 22 valence electrons. The Balaban J connectivity index is -0.00000000667. The van der Waals surface area contributed by atoms with E-state index in [9.17, 15) is 0 Å². The minimum Gasteiger partial charge on any atom is -1.00 e. The molecule has 0 saturated carbocycles. The Hall–Kier alpha value is 1.15. The summed E-state index contributed by atoms with van der Waals surface area (Å²) in [6.45, 7) is 1.57. The van der Waals surface area contributed by atoms with Gasteiger partial charge in [-0.25, -0.2) is 0 Å². The second kappa shape index (κ2) is 19.2. The van der Waals surface area contributed by atoms with Crippen molar-refractivity contribution in [3.8, 4) is 0 Å². The third kappa shape index (κ3) is 38.5. The molecule has 0 atom stereocenters. The zero-order valence-corrected chi connectivity index (χ0v) is 4.12. The summed E-state index contributed by atoms with van der Waals surface area (Å²) >= 11 is 0. The van der Waals surface area contributed by atoms with Gasteiger partial charge < -0.3 is 6.53 Å². The van der Waals surface area contributed by atoms with Crippen molar-refractivity contribution in [3.05, 3.63) is 0 Å². The second-order valence-corrected chi connectivity index (χ2v) is 0.289. The normalized spacial score (nSPS) is 3.60. The maximum Gasteiger partial charge on any atom is 1.00 e. The maximum absolute atomic E-state index is 8.93. The van der Waals surface area contributed by atoms with E-state index in [1.54, 1.807) is 6.92 Å². The van der Waals surface area contributed by atoms with Gasteiger partial charge in [-0.15, -0.1) is 6.61 Å². The monoisotopic (exact) mass is 60.1 g/mol. The van der Waals surface area contributed by atoms with Crippen LogP contribution in [-0.4, -0.2) is 6.61 Å². The van der Waals surface area contributed by atoms with E-state index in [1.165, 1.54) is 0 Å². The average molecular weight is 60.0 g/mol. The summed E-state index contributed by atoms with van der Waals surface area (Å²) in [7, 11) is 0. The van der Waals surface area contributed by atoms with E-state index in [4.69, 9.17) is 5.11 Å². The predicted octanol–water partition coefficient (Wildman–Crippen LogP) is -6.51. The summed E-state index contributed by atoms with van der Waals surface area (Å²) in [5.74, 6) is 0. The van der Waals surface area contributed by atoms with Gasteiger partial charge in [0, 0.05) is 0 Å². The summed E-state index contributed by atoms with van der Waals surface area (Å²) in [4.78, 5) is 0. The molecular formula is C2H6Li2O. The van der Waals surface area contributed by atoms with E-state index in [0.29, 0.717) is 0 Å². The molecule has 0 spiro atoms. The van der Waals surface area contributed by atoms with Crippen molar-refractivity contribution in [1.82, 2.24) is 0 Å². The third-order valence-corrected chi connectivity index (χ3v) is 0. The number of rotatable bonds is 0. The van der Waals surface area contributed by atoms with Gasteiger partial charge in [-0.2, -0.15) is 0 Å². The first-order valence-corrected chi connectivity index (χ1v) is 0.996. The molecule has 0 saturated heterocycles. The summed E-state index contributed by atoms with van der Waals surface area (Å²) in [5.41, 5.74) is 0. The third-order valence-electron chi connectivity index (χ3n) is 0. The van der Waals surface area contributed by atoms with Gasteiger partial charge in [-0.3, -0.25) is 0 Å². The van der Waals surface area contributed by atoms with Crippen LogP contribution in [0, 0.1) is 0 Å². The Kier molecular flexibility index (Phi) is 63.0. The predicted molar refractivity (Wildman–Crippen MR) is 11.7 cm³/mol. The fourth-order valence-corrected chi connectivity index (χ4v) is 0. The molecule has 0 radical (unpaired) electrons. The molecular weight excluding hydrogens is 53.9 g/mol. The van der Waals surface area contributed by atoms with Crippen LogP contribution < -0.4 is 42.8 Å². The topological polar surface area (TPSA) is 23.1 Å². The van der Waals surface area contributed by atoms with Gasteiger partial charge in [0.05, 0.1) is 0 Å². The van der Waals surface area contributed by atoms with Crippen LogP contribution in [0.5, 0.6) is 0 Å². The molecule has 0 aromatic rings. The average Bonchev–Trinajstić information content (AvgIpc) is 0.918. The van der Waals surface area contributed by atoms with Crippen molar-refractivity contribution in [2.75, 3.05) is 6.61 Å². The van der Waals surface area contributed by atoms with Gasteiger partial charge in [0.1, 0.15) is 0 Å². The Morgan fingerprint density at radius 3 is 1.60 bits per heavy atom. The molecule has 0 N–H and O–H groups in total. The van der Waals surface area contributed by atoms with Crippen molar-refractivity contribution >= 4 is 0 Å². The molecule has 0 bridgehead atoms. The van der Waals surface area contributed by atoms with Crippen LogP contribution in [0.1, 0.15) is 8.35 Å². The van der Waals surface area contributed by atoms with Gasteiger partial charge in [-0.1, -0.05) is 6.92 Å². The van der Waals surface area contributed by atoms with Crippen molar-refractivity contribution in [3.63, 3.8) is 0 Å². The first kappa shape index (κ1) is 16.4.